The number of allylic oxidation sites excluding steroid dienone is 5. The lowest BCUT2D eigenvalue weighted by Gasteiger charge is -2.33. The van der Waals surface area contributed by atoms with Gasteiger partial charge in [-0.1, -0.05) is 43.0 Å². The molecule has 5 rings (SSSR count). The Labute approximate surface area is 207 Å². The molecule has 1 aromatic carbocycles. The van der Waals surface area contributed by atoms with Crippen LogP contribution < -0.4 is 10.6 Å². The molecule has 35 heavy (non-hydrogen) atoms. The van der Waals surface area contributed by atoms with Crippen molar-refractivity contribution >= 4 is 17.6 Å². The lowest BCUT2D eigenvalue weighted by Crippen LogP contribution is -2.45. The van der Waals surface area contributed by atoms with Crippen molar-refractivity contribution in [2.75, 3.05) is 13.1 Å². The first kappa shape index (κ1) is 23.1. The van der Waals surface area contributed by atoms with Gasteiger partial charge in [-0.2, -0.15) is 0 Å². The quantitative estimate of drug-likeness (QED) is 0.627. The predicted molar refractivity (Wildman–Crippen MR) is 143 cm³/mol. The van der Waals surface area contributed by atoms with Crippen LogP contribution in [0.5, 0.6) is 0 Å². The molecule has 1 amide bonds. The molecular weight excluding hydrogens is 432 g/mol. The highest BCUT2D eigenvalue weighted by Gasteiger charge is 2.28. The minimum Gasteiger partial charge on any atom is -0.348 e. The Hall–Kier alpha value is -3.70. The Morgan fingerprint density at radius 3 is 2.80 bits per heavy atom. The molecule has 178 valence electrons. The molecule has 2 N–H and O–H groups in total. The zero-order chi connectivity index (χ0) is 24.4. The topological polar surface area (TPSA) is 57.3 Å². The Bertz CT molecular complexity index is 1290. The van der Waals surface area contributed by atoms with Crippen LogP contribution in [0.15, 0.2) is 84.5 Å². The van der Waals surface area contributed by atoms with Crippen molar-refractivity contribution in [3.8, 4) is 11.3 Å². The zero-order valence-corrected chi connectivity index (χ0v) is 20.5. The number of nitrogens with zero attached hydrogens (tertiary/aromatic N) is 2. The molecule has 0 spiro atoms. The van der Waals surface area contributed by atoms with E-state index in [2.05, 4.69) is 73.7 Å². The van der Waals surface area contributed by atoms with Gasteiger partial charge in [-0.3, -0.25) is 9.78 Å². The predicted octanol–water partition coefficient (Wildman–Crippen LogP) is 5.34. The fourth-order valence-corrected chi connectivity index (χ4v) is 5.01. The van der Waals surface area contributed by atoms with Gasteiger partial charge in [-0.05, 0) is 81.1 Å². The van der Waals surface area contributed by atoms with Crippen LogP contribution in [0.3, 0.4) is 0 Å². The Balaban J connectivity index is 1.49. The average Bonchev–Trinajstić information content (AvgIpc) is 2.89. The van der Waals surface area contributed by atoms with E-state index in [1.54, 1.807) is 0 Å². The third-order valence-corrected chi connectivity index (χ3v) is 7.04. The van der Waals surface area contributed by atoms with E-state index in [0.29, 0.717) is 5.70 Å². The van der Waals surface area contributed by atoms with Gasteiger partial charge in [0, 0.05) is 40.8 Å². The lowest BCUT2D eigenvalue weighted by molar-refractivity contribution is -0.119. The van der Waals surface area contributed by atoms with E-state index in [4.69, 9.17) is 4.98 Å². The molecule has 5 nitrogen and oxygen atoms in total. The average molecular weight is 465 g/mol. The summed E-state index contributed by atoms with van der Waals surface area (Å²) < 4.78 is 0. The number of carbonyl (C=O) groups excluding carboxylic acids is 1. The highest BCUT2D eigenvalue weighted by Crippen LogP contribution is 2.36. The van der Waals surface area contributed by atoms with Gasteiger partial charge in [-0.15, -0.1) is 0 Å². The van der Waals surface area contributed by atoms with Gasteiger partial charge in [0.2, 0.25) is 0 Å². The van der Waals surface area contributed by atoms with Crippen LogP contribution >= 0.6 is 0 Å². The summed E-state index contributed by atoms with van der Waals surface area (Å²) in [5.41, 5.74) is 9.35. The molecule has 0 aliphatic carbocycles. The normalized spacial score (nSPS) is 18.1. The highest BCUT2D eigenvalue weighted by molar-refractivity contribution is 5.95. The summed E-state index contributed by atoms with van der Waals surface area (Å²) in [6.07, 6.45) is 14.8. The first-order valence-electron chi connectivity index (χ1n) is 12.3. The maximum absolute atomic E-state index is 13.3. The number of rotatable bonds is 5. The molecule has 0 unspecified atom stereocenters. The SMILES string of the molecule is C=Cc1ccc(-c2ncccc2C2=CN3C(C(=O)NC4CCNCC4)=CCC(C)=C3C=C2)cc1C. The summed E-state index contributed by atoms with van der Waals surface area (Å²) in [6.45, 7) is 10.0. The first-order valence-corrected chi connectivity index (χ1v) is 12.3. The number of carbonyl (C=O) groups is 1. The molecule has 5 heteroatoms. The number of piperidine rings is 1. The second kappa shape index (κ2) is 9.88. The lowest BCUT2D eigenvalue weighted by atomic mass is 9.94. The number of hydrogen-bond acceptors (Lipinski definition) is 4. The summed E-state index contributed by atoms with van der Waals surface area (Å²) in [4.78, 5) is 20.1. The number of aromatic nitrogens is 1. The number of benzene rings is 1. The van der Waals surface area contributed by atoms with Crippen LogP contribution in [0.25, 0.3) is 22.9 Å². The molecular formula is C30H32N4O. The largest absolute Gasteiger partial charge is 0.348 e. The van der Waals surface area contributed by atoms with Crippen molar-refractivity contribution in [1.29, 1.82) is 0 Å². The van der Waals surface area contributed by atoms with E-state index in [0.717, 1.165) is 66.0 Å². The van der Waals surface area contributed by atoms with Gasteiger partial charge in [0.25, 0.3) is 5.91 Å². The van der Waals surface area contributed by atoms with Crippen molar-refractivity contribution in [1.82, 2.24) is 20.5 Å². The Morgan fingerprint density at radius 2 is 2.03 bits per heavy atom. The second-order valence-corrected chi connectivity index (χ2v) is 9.42. The van der Waals surface area contributed by atoms with Crippen molar-refractivity contribution < 1.29 is 4.79 Å². The monoisotopic (exact) mass is 464 g/mol. The molecule has 0 saturated carbocycles. The van der Waals surface area contributed by atoms with Gasteiger partial charge in [-0.25, -0.2) is 0 Å². The summed E-state index contributed by atoms with van der Waals surface area (Å²) in [5.74, 6) is -0.00477. The maximum atomic E-state index is 13.3. The summed E-state index contributed by atoms with van der Waals surface area (Å²) >= 11 is 0. The molecule has 0 radical (unpaired) electrons. The molecule has 0 atom stereocenters. The number of amides is 1. The molecule has 3 aliphatic rings. The van der Waals surface area contributed by atoms with Gasteiger partial charge >= 0.3 is 0 Å². The number of nitrogens with one attached hydrogen (secondary N) is 2. The van der Waals surface area contributed by atoms with Crippen LogP contribution in [0.1, 0.15) is 42.9 Å². The van der Waals surface area contributed by atoms with Gasteiger partial charge in [0.05, 0.1) is 5.69 Å². The molecule has 1 aromatic heterocycles. The highest BCUT2D eigenvalue weighted by atomic mass is 16.2. The number of fused-ring (bicyclic) bond motifs is 1. The third-order valence-electron chi connectivity index (χ3n) is 7.04. The van der Waals surface area contributed by atoms with E-state index >= 15 is 0 Å². The molecule has 3 aliphatic heterocycles. The minimum atomic E-state index is -0.00477. The van der Waals surface area contributed by atoms with Gasteiger partial charge < -0.3 is 15.5 Å². The standard InChI is InChI=1S/C30H32N4O/c1-4-22-8-9-23(18-21(22)3)29-26(6-5-15-32-29)24-10-12-27-20(2)7-11-28(34(27)19-24)30(35)33-25-13-16-31-17-14-25/h4-6,8-12,15,18-19,25,31H,1,7,13-14,16-17H2,2-3H3,(H,33,35). The summed E-state index contributed by atoms with van der Waals surface area (Å²) in [6, 6.07) is 10.6. The van der Waals surface area contributed by atoms with Crippen LogP contribution in [-0.4, -0.2) is 34.9 Å². The smallest absolute Gasteiger partial charge is 0.268 e. The van der Waals surface area contributed by atoms with Gasteiger partial charge in [0.15, 0.2) is 0 Å². The van der Waals surface area contributed by atoms with Crippen LogP contribution in [0, 0.1) is 6.92 Å². The molecule has 2 aromatic rings. The summed E-state index contributed by atoms with van der Waals surface area (Å²) in [5, 5.41) is 6.62. The molecule has 1 saturated heterocycles. The Kier molecular flexibility index (Phi) is 6.51. The molecule has 0 bridgehead atoms. The number of aryl methyl sites for hydroxylation is 1. The van der Waals surface area contributed by atoms with Crippen LogP contribution in [-0.2, 0) is 4.79 Å². The zero-order valence-electron chi connectivity index (χ0n) is 20.5. The van der Waals surface area contributed by atoms with Gasteiger partial charge in [0.1, 0.15) is 5.70 Å². The van der Waals surface area contributed by atoms with Crippen molar-refractivity contribution in [2.24, 2.45) is 0 Å². The van der Waals surface area contributed by atoms with Crippen molar-refractivity contribution in [2.45, 2.75) is 39.2 Å². The first-order chi connectivity index (χ1) is 17.0. The minimum absolute atomic E-state index is 0.00477. The van der Waals surface area contributed by atoms with E-state index in [9.17, 15) is 4.79 Å². The van der Waals surface area contributed by atoms with Crippen molar-refractivity contribution in [3.63, 3.8) is 0 Å². The van der Waals surface area contributed by atoms with Crippen LogP contribution in [0.2, 0.25) is 0 Å². The van der Waals surface area contributed by atoms with E-state index in [1.165, 1.54) is 11.1 Å². The summed E-state index contributed by atoms with van der Waals surface area (Å²) in [7, 11) is 0. The fourth-order valence-electron chi connectivity index (χ4n) is 5.01. The maximum Gasteiger partial charge on any atom is 0.268 e. The second-order valence-electron chi connectivity index (χ2n) is 9.42. The number of pyridine rings is 1. The van der Waals surface area contributed by atoms with Crippen LogP contribution in [0.4, 0.5) is 0 Å². The molecule has 4 heterocycles. The van der Waals surface area contributed by atoms with E-state index in [1.807, 2.05) is 29.3 Å². The van der Waals surface area contributed by atoms with E-state index in [-0.39, 0.29) is 11.9 Å². The van der Waals surface area contributed by atoms with Crippen molar-refractivity contribution in [3.05, 3.63) is 101 Å². The Morgan fingerprint density at radius 1 is 1.20 bits per heavy atom. The third kappa shape index (κ3) is 4.64. The van der Waals surface area contributed by atoms with E-state index < -0.39 is 0 Å². The molecule has 1 fully saturated rings. The number of hydrogen-bond donors (Lipinski definition) is 2. The fraction of sp³-hybridized carbons (Fsp3) is 0.267.